The minimum absolute atomic E-state index is 0.266. The number of benzene rings is 2. The van der Waals surface area contributed by atoms with Crippen molar-refractivity contribution in [3.63, 3.8) is 0 Å². The van der Waals surface area contributed by atoms with Gasteiger partial charge in [-0.15, -0.1) is 10.2 Å². The Balaban J connectivity index is 1.61. The summed E-state index contributed by atoms with van der Waals surface area (Å²) in [5.74, 6) is 0.984. The summed E-state index contributed by atoms with van der Waals surface area (Å²) in [5.41, 5.74) is 1.44. The summed E-state index contributed by atoms with van der Waals surface area (Å²) in [7, 11) is 1.55. The first-order chi connectivity index (χ1) is 12.5. The van der Waals surface area contributed by atoms with Gasteiger partial charge in [0.25, 0.3) is 5.91 Å². The molecule has 1 heterocycles. The molecule has 2 aromatic carbocycles. The monoisotopic (exact) mass is 425 g/mol. The highest BCUT2D eigenvalue weighted by molar-refractivity contribution is 8.00. The standard InChI is InChI=1S/C17H13Cl2N3O2S2/c1-24-13-4-2-3-10(7-13)15(23)20-16-21-22-17(26-16)25-9-11-5-6-12(18)8-14(11)19/h2-8H,9H2,1H3,(H,20,21,23). The average Bonchev–Trinajstić information content (AvgIpc) is 3.08. The maximum absolute atomic E-state index is 12.3. The van der Waals surface area contributed by atoms with Crippen molar-refractivity contribution in [2.75, 3.05) is 12.4 Å². The molecule has 0 radical (unpaired) electrons. The third-order valence-electron chi connectivity index (χ3n) is 3.33. The average molecular weight is 426 g/mol. The third-order valence-corrected chi connectivity index (χ3v) is 5.93. The Morgan fingerprint density at radius 2 is 2.08 bits per heavy atom. The highest BCUT2D eigenvalue weighted by atomic mass is 35.5. The molecule has 3 rings (SSSR count). The van der Waals surface area contributed by atoms with Gasteiger partial charge < -0.3 is 4.74 Å². The van der Waals surface area contributed by atoms with Crippen LogP contribution in [0.5, 0.6) is 5.75 Å². The molecule has 0 fully saturated rings. The molecule has 0 aliphatic heterocycles. The molecule has 134 valence electrons. The van der Waals surface area contributed by atoms with Crippen molar-refractivity contribution in [2.24, 2.45) is 0 Å². The normalized spacial score (nSPS) is 10.6. The quantitative estimate of drug-likeness (QED) is 0.423. The van der Waals surface area contributed by atoms with Gasteiger partial charge in [-0.3, -0.25) is 10.1 Å². The molecular formula is C17H13Cl2N3O2S2. The summed E-state index contributed by atoms with van der Waals surface area (Å²) in [6.07, 6.45) is 0. The van der Waals surface area contributed by atoms with E-state index >= 15 is 0 Å². The lowest BCUT2D eigenvalue weighted by molar-refractivity contribution is 0.102. The van der Waals surface area contributed by atoms with E-state index in [2.05, 4.69) is 15.5 Å². The van der Waals surface area contributed by atoms with E-state index < -0.39 is 0 Å². The number of amides is 1. The Hall–Kier alpha value is -1.80. The summed E-state index contributed by atoms with van der Waals surface area (Å²) >= 11 is 14.9. The minimum Gasteiger partial charge on any atom is -0.497 e. The first-order valence-corrected chi connectivity index (χ1v) is 9.96. The van der Waals surface area contributed by atoms with Gasteiger partial charge in [0.1, 0.15) is 5.75 Å². The molecule has 9 heteroatoms. The highest BCUT2D eigenvalue weighted by Gasteiger charge is 2.12. The fourth-order valence-corrected chi connectivity index (χ4v) is 4.34. The van der Waals surface area contributed by atoms with Crippen molar-refractivity contribution in [3.8, 4) is 5.75 Å². The van der Waals surface area contributed by atoms with Crippen LogP contribution in [0.1, 0.15) is 15.9 Å². The van der Waals surface area contributed by atoms with Crippen LogP contribution in [0.15, 0.2) is 46.8 Å². The van der Waals surface area contributed by atoms with Crippen LogP contribution in [0.2, 0.25) is 10.0 Å². The number of aromatic nitrogens is 2. The largest absolute Gasteiger partial charge is 0.497 e. The fraction of sp³-hybridized carbons (Fsp3) is 0.118. The highest BCUT2D eigenvalue weighted by Crippen LogP contribution is 2.31. The maximum Gasteiger partial charge on any atom is 0.257 e. The van der Waals surface area contributed by atoms with E-state index in [1.54, 1.807) is 43.5 Å². The predicted molar refractivity (Wildman–Crippen MR) is 107 cm³/mol. The van der Waals surface area contributed by atoms with Crippen LogP contribution in [-0.4, -0.2) is 23.2 Å². The van der Waals surface area contributed by atoms with Crippen molar-refractivity contribution in [1.29, 1.82) is 0 Å². The summed E-state index contributed by atoms with van der Waals surface area (Å²) < 4.78 is 5.86. The fourth-order valence-electron chi connectivity index (χ4n) is 2.03. The Bertz CT molecular complexity index is 934. The van der Waals surface area contributed by atoms with Crippen molar-refractivity contribution >= 4 is 57.3 Å². The molecule has 1 amide bonds. The van der Waals surface area contributed by atoms with E-state index in [1.807, 2.05) is 6.07 Å². The Morgan fingerprint density at radius 1 is 1.23 bits per heavy atom. The zero-order valence-corrected chi connectivity index (χ0v) is 16.7. The second kappa shape index (κ2) is 8.73. The lowest BCUT2D eigenvalue weighted by Crippen LogP contribution is -2.11. The zero-order valence-electron chi connectivity index (χ0n) is 13.5. The van der Waals surface area contributed by atoms with Gasteiger partial charge in [-0.05, 0) is 35.9 Å². The van der Waals surface area contributed by atoms with E-state index in [0.717, 1.165) is 9.90 Å². The molecule has 0 atom stereocenters. The Labute approximate surface area is 168 Å². The number of methoxy groups -OCH3 is 1. The lowest BCUT2D eigenvalue weighted by Gasteiger charge is -2.03. The Kier molecular flexibility index (Phi) is 6.37. The molecule has 0 bridgehead atoms. The molecule has 0 aliphatic carbocycles. The predicted octanol–water partition coefficient (Wildman–Crippen LogP) is 5.40. The van der Waals surface area contributed by atoms with Gasteiger partial charge in [-0.25, -0.2) is 0 Å². The molecule has 0 saturated heterocycles. The van der Waals surface area contributed by atoms with Gasteiger partial charge in [0.15, 0.2) is 4.34 Å². The van der Waals surface area contributed by atoms with Crippen LogP contribution in [0.25, 0.3) is 0 Å². The molecule has 1 aromatic heterocycles. The second-order valence-electron chi connectivity index (χ2n) is 5.08. The number of nitrogens with one attached hydrogen (secondary N) is 1. The maximum atomic E-state index is 12.3. The van der Waals surface area contributed by atoms with E-state index in [-0.39, 0.29) is 5.91 Å². The van der Waals surface area contributed by atoms with Gasteiger partial charge >= 0.3 is 0 Å². The smallest absolute Gasteiger partial charge is 0.257 e. The van der Waals surface area contributed by atoms with Crippen LogP contribution in [0.4, 0.5) is 5.13 Å². The number of thioether (sulfide) groups is 1. The number of carbonyl (C=O) groups excluding carboxylic acids is 1. The molecule has 0 spiro atoms. The molecule has 0 aliphatic rings. The van der Waals surface area contributed by atoms with Crippen molar-refractivity contribution in [1.82, 2.24) is 10.2 Å². The Morgan fingerprint density at radius 3 is 2.85 bits per heavy atom. The SMILES string of the molecule is COc1cccc(C(=O)Nc2nnc(SCc3ccc(Cl)cc3Cl)s2)c1. The van der Waals surface area contributed by atoms with Crippen LogP contribution >= 0.6 is 46.3 Å². The number of ether oxygens (including phenoxy) is 1. The van der Waals surface area contributed by atoms with Gasteiger partial charge in [-0.1, -0.05) is 58.4 Å². The topological polar surface area (TPSA) is 64.1 Å². The number of anilines is 1. The van der Waals surface area contributed by atoms with Crippen molar-refractivity contribution in [2.45, 2.75) is 10.1 Å². The van der Waals surface area contributed by atoms with Crippen LogP contribution < -0.4 is 10.1 Å². The van der Waals surface area contributed by atoms with Crippen LogP contribution in [0, 0.1) is 0 Å². The summed E-state index contributed by atoms with van der Waals surface area (Å²) in [4.78, 5) is 12.3. The first-order valence-electron chi connectivity index (χ1n) is 7.41. The van der Waals surface area contributed by atoms with E-state index in [9.17, 15) is 4.79 Å². The van der Waals surface area contributed by atoms with Crippen LogP contribution in [-0.2, 0) is 5.75 Å². The second-order valence-corrected chi connectivity index (χ2v) is 8.13. The van der Waals surface area contributed by atoms with Gasteiger partial charge in [0, 0.05) is 21.4 Å². The number of hydrogen-bond donors (Lipinski definition) is 1. The number of rotatable bonds is 6. The van der Waals surface area contributed by atoms with E-state index in [4.69, 9.17) is 27.9 Å². The third kappa shape index (κ3) is 4.88. The van der Waals surface area contributed by atoms with Crippen molar-refractivity contribution in [3.05, 3.63) is 63.6 Å². The summed E-state index contributed by atoms with van der Waals surface area (Å²) in [5, 5.41) is 12.5. The van der Waals surface area contributed by atoms with E-state index in [0.29, 0.717) is 32.2 Å². The van der Waals surface area contributed by atoms with Gasteiger partial charge in [0.05, 0.1) is 7.11 Å². The summed E-state index contributed by atoms with van der Waals surface area (Å²) in [6.45, 7) is 0. The minimum atomic E-state index is -0.266. The van der Waals surface area contributed by atoms with Crippen molar-refractivity contribution < 1.29 is 9.53 Å². The van der Waals surface area contributed by atoms with Gasteiger partial charge in [-0.2, -0.15) is 0 Å². The molecule has 3 aromatic rings. The van der Waals surface area contributed by atoms with Gasteiger partial charge in [0.2, 0.25) is 5.13 Å². The lowest BCUT2D eigenvalue weighted by atomic mass is 10.2. The molecular weight excluding hydrogens is 413 g/mol. The number of halogens is 2. The number of carbonyl (C=O) groups is 1. The molecule has 1 N–H and O–H groups in total. The summed E-state index contributed by atoms with van der Waals surface area (Å²) in [6, 6.07) is 12.3. The van der Waals surface area contributed by atoms with E-state index in [1.165, 1.54) is 23.1 Å². The number of nitrogens with zero attached hydrogens (tertiary/aromatic N) is 2. The molecule has 0 unspecified atom stereocenters. The molecule has 5 nitrogen and oxygen atoms in total. The molecule has 26 heavy (non-hydrogen) atoms. The van der Waals surface area contributed by atoms with Crippen LogP contribution in [0.3, 0.4) is 0 Å². The number of hydrogen-bond acceptors (Lipinski definition) is 6. The zero-order chi connectivity index (χ0) is 18.5. The first kappa shape index (κ1) is 19.0. The molecule has 0 saturated carbocycles.